The number of nitrogens with one attached hydrogen (secondary N) is 2. The van der Waals surface area contributed by atoms with Gasteiger partial charge in [-0.25, -0.2) is 0 Å². The average molecular weight is 327 g/mol. The summed E-state index contributed by atoms with van der Waals surface area (Å²) in [6.07, 6.45) is 1.88. The Bertz CT molecular complexity index is 479. The highest BCUT2D eigenvalue weighted by atomic mass is 127. The SMILES string of the molecule is Cc1[nH]ncc1C(C)Nc1cccc(I)c1. The van der Waals surface area contributed by atoms with E-state index in [0.29, 0.717) is 0 Å². The fourth-order valence-electron chi connectivity index (χ4n) is 1.70. The number of aryl methyl sites for hydroxylation is 1. The lowest BCUT2D eigenvalue weighted by Gasteiger charge is -2.14. The maximum atomic E-state index is 4.04. The van der Waals surface area contributed by atoms with Crippen molar-refractivity contribution in [3.63, 3.8) is 0 Å². The van der Waals surface area contributed by atoms with Crippen molar-refractivity contribution >= 4 is 28.3 Å². The first kappa shape index (κ1) is 11.4. The molecular formula is C12H14IN3. The Morgan fingerprint density at radius 3 is 2.88 bits per heavy atom. The van der Waals surface area contributed by atoms with Crippen LogP contribution in [0, 0.1) is 10.5 Å². The zero-order valence-electron chi connectivity index (χ0n) is 9.29. The van der Waals surface area contributed by atoms with Gasteiger partial charge in [0.1, 0.15) is 0 Å². The lowest BCUT2D eigenvalue weighted by Crippen LogP contribution is -2.07. The van der Waals surface area contributed by atoms with Crippen LogP contribution in [0.1, 0.15) is 24.2 Å². The fraction of sp³-hybridized carbons (Fsp3) is 0.250. The average Bonchev–Trinajstić information content (AvgIpc) is 2.64. The van der Waals surface area contributed by atoms with Gasteiger partial charge in [-0.2, -0.15) is 5.10 Å². The molecule has 0 aliphatic rings. The molecule has 0 radical (unpaired) electrons. The Labute approximate surface area is 109 Å². The number of anilines is 1. The number of aromatic nitrogens is 2. The highest BCUT2D eigenvalue weighted by molar-refractivity contribution is 14.1. The number of rotatable bonds is 3. The van der Waals surface area contributed by atoms with E-state index in [1.807, 2.05) is 13.1 Å². The predicted molar refractivity (Wildman–Crippen MR) is 74.5 cm³/mol. The third-order valence-electron chi connectivity index (χ3n) is 2.54. The molecule has 3 nitrogen and oxygen atoms in total. The summed E-state index contributed by atoms with van der Waals surface area (Å²) in [4.78, 5) is 0. The van der Waals surface area contributed by atoms with E-state index in [9.17, 15) is 0 Å². The van der Waals surface area contributed by atoms with E-state index < -0.39 is 0 Å². The van der Waals surface area contributed by atoms with Crippen LogP contribution in [0.15, 0.2) is 30.5 Å². The van der Waals surface area contributed by atoms with Crippen LogP contribution in [-0.2, 0) is 0 Å². The molecule has 16 heavy (non-hydrogen) atoms. The molecule has 0 amide bonds. The van der Waals surface area contributed by atoms with Crippen LogP contribution in [0.25, 0.3) is 0 Å². The van der Waals surface area contributed by atoms with Gasteiger partial charge in [-0.05, 0) is 54.6 Å². The van der Waals surface area contributed by atoms with Gasteiger partial charge in [-0.1, -0.05) is 6.07 Å². The molecule has 0 aliphatic heterocycles. The molecule has 1 atom stereocenters. The smallest absolute Gasteiger partial charge is 0.0542 e. The van der Waals surface area contributed by atoms with Crippen molar-refractivity contribution in [1.29, 1.82) is 0 Å². The van der Waals surface area contributed by atoms with Crippen LogP contribution in [-0.4, -0.2) is 10.2 Å². The Kier molecular flexibility index (Phi) is 3.48. The van der Waals surface area contributed by atoms with Gasteiger partial charge < -0.3 is 5.32 Å². The highest BCUT2D eigenvalue weighted by Crippen LogP contribution is 2.21. The van der Waals surface area contributed by atoms with Crippen LogP contribution in [0.2, 0.25) is 0 Å². The molecule has 1 aromatic carbocycles. The summed E-state index contributed by atoms with van der Waals surface area (Å²) in [7, 11) is 0. The lowest BCUT2D eigenvalue weighted by molar-refractivity contribution is 0.874. The molecule has 2 N–H and O–H groups in total. The lowest BCUT2D eigenvalue weighted by atomic mass is 10.1. The quantitative estimate of drug-likeness (QED) is 0.847. The maximum absolute atomic E-state index is 4.04. The van der Waals surface area contributed by atoms with Crippen LogP contribution >= 0.6 is 22.6 Å². The van der Waals surface area contributed by atoms with Gasteiger partial charge in [0.15, 0.2) is 0 Å². The largest absolute Gasteiger partial charge is 0.378 e. The molecule has 0 aliphatic carbocycles. The zero-order valence-corrected chi connectivity index (χ0v) is 11.4. The van der Waals surface area contributed by atoms with Crippen molar-refractivity contribution in [3.8, 4) is 0 Å². The first-order valence-corrected chi connectivity index (χ1v) is 6.26. The summed E-state index contributed by atoms with van der Waals surface area (Å²) in [6, 6.07) is 8.61. The second-order valence-electron chi connectivity index (χ2n) is 3.83. The molecule has 84 valence electrons. The van der Waals surface area contributed by atoms with Gasteiger partial charge in [0.05, 0.1) is 12.2 Å². The molecule has 0 bridgehead atoms. The summed E-state index contributed by atoms with van der Waals surface area (Å²) in [5, 5.41) is 10.5. The summed E-state index contributed by atoms with van der Waals surface area (Å²) in [5.41, 5.74) is 3.46. The number of hydrogen-bond donors (Lipinski definition) is 2. The molecule has 0 fully saturated rings. The molecule has 4 heteroatoms. The minimum Gasteiger partial charge on any atom is -0.378 e. The zero-order chi connectivity index (χ0) is 11.5. The van der Waals surface area contributed by atoms with E-state index in [-0.39, 0.29) is 6.04 Å². The van der Waals surface area contributed by atoms with Crippen LogP contribution < -0.4 is 5.32 Å². The summed E-state index contributed by atoms with van der Waals surface area (Å²) < 4.78 is 1.23. The topological polar surface area (TPSA) is 40.7 Å². The third-order valence-corrected chi connectivity index (χ3v) is 3.21. The van der Waals surface area contributed by atoms with Gasteiger partial charge >= 0.3 is 0 Å². The van der Waals surface area contributed by atoms with Gasteiger partial charge in [-0.3, -0.25) is 5.10 Å². The van der Waals surface area contributed by atoms with E-state index in [2.05, 4.69) is 69.3 Å². The number of aromatic amines is 1. The molecule has 1 unspecified atom stereocenters. The van der Waals surface area contributed by atoms with Crippen molar-refractivity contribution in [2.24, 2.45) is 0 Å². The normalized spacial score (nSPS) is 12.4. The molecule has 2 rings (SSSR count). The number of halogens is 1. The molecule has 0 saturated carbocycles. The minimum absolute atomic E-state index is 0.261. The standard InChI is InChI=1S/C12H14IN3/c1-8(12-7-14-16-9(12)2)15-11-5-3-4-10(13)6-11/h3-8,15H,1-2H3,(H,14,16). The van der Waals surface area contributed by atoms with E-state index in [1.165, 1.54) is 9.13 Å². The minimum atomic E-state index is 0.261. The second-order valence-corrected chi connectivity index (χ2v) is 5.07. The van der Waals surface area contributed by atoms with Gasteiger partial charge in [-0.15, -0.1) is 0 Å². The van der Waals surface area contributed by atoms with Crippen molar-refractivity contribution < 1.29 is 0 Å². The maximum Gasteiger partial charge on any atom is 0.0542 e. The first-order chi connectivity index (χ1) is 7.66. The number of nitrogens with zero attached hydrogens (tertiary/aromatic N) is 1. The van der Waals surface area contributed by atoms with Crippen molar-refractivity contribution in [1.82, 2.24) is 10.2 Å². The second kappa shape index (κ2) is 4.86. The fourth-order valence-corrected chi connectivity index (χ4v) is 2.25. The van der Waals surface area contributed by atoms with Crippen LogP contribution in [0.3, 0.4) is 0 Å². The Balaban J connectivity index is 2.14. The van der Waals surface area contributed by atoms with Crippen molar-refractivity contribution in [3.05, 3.63) is 45.3 Å². The van der Waals surface area contributed by atoms with E-state index >= 15 is 0 Å². The number of benzene rings is 1. The summed E-state index contributed by atoms with van der Waals surface area (Å²) in [6.45, 7) is 4.17. The molecule has 1 heterocycles. The van der Waals surface area contributed by atoms with Gasteiger partial charge in [0, 0.05) is 20.5 Å². The first-order valence-electron chi connectivity index (χ1n) is 5.19. The molecule has 0 spiro atoms. The highest BCUT2D eigenvalue weighted by Gasteiger charge is 2.09. The summed E-state index contributed by atoms with van der Waals surface area (Å²) in [5.74, 6) is 0. The Morgan fingerprint density at radius 1 is 1.44 bits per heavy atom. The van der Waals surface area contributed by atoms with Crippen molar-refractivity contribution in [2.45, 2.75) is 19.9 Å². The molecule has 2 aromatic rings. The summed E-state index contributed by atoms with van der Waals surface area (Å²) >= 11 is 2.31. The van der Waals surface area contributed by atoms with Crippen molar-refractivity contribution in [2.75, 3.05) is 5.32 Å². The van der Waals surface area contributed by atoms with Crippen LogP contribution in [0.4, 0.5) is 5.69 Å². The van der Waals surface area contributed by atoms with E-state index in [1.54, 1.807) is 0 Å². The Morgan fingerprint density at radius 2 is 2.25 bits per heavy atom. The molecule has 1 aromatic heterocycles. The van der Waals surface area contributed by atoms with Crippen LogP contribution in [0.5, 0.6) is 0 Å². The molecule has 0 saturated heterocycles. The van der Waals surface area contributed by atoms with Gasteiger partial charge in [0.2, 0.25) is 0 Å². The third kappa shape index (κ3) is 2.55. The van der Waals surface area contributed by atoms with E-state index in [4.69, 9.17) is 0 Å². The monoisotopic (exact) mass is 327 g/mol. The van der Waals surface area contributed by atoms with E-state index in [0.717, 1.165) is 11.4 Å². The number of H-pyrrole nitrogens is 1. The Hall–Kier alpha value is -1.04. The molecular weight excluding hydrogens is 313 g/mol. The number of hydrogen-bond acceptors (Lipinski definition) is 2. The van der Waals surface area contributed by atoms with Gasteiger partial charge in [0.25, 0.3) is 0 Å². The predicted octanol–water partition coefficient (Wildman–Crippen LogP) is 3.50.